The monoisotopic (exact) mass is 528 g/mol. The average Bonchev–Trinajstić information content (AvgIpc) is 3.32. The van der Waals surface area contributed by atoms with Crippen molar-refractivity contribution >= 4 is 27.8 Å². The maximum Gasteiger partial charge on any atom is 0.240 e. The van der Waals surface area contributed by atoms with Crippen LogP contribution in [0.4, 0.5) is 5.82 Å². The van der Waals surface area contributed by atoms with Gasteiger partial charge in [-0.25, -0.2) is 13.1 Å². The van der Waals surface area contributed by atoms with E-state index in [-0.39, 0.29) is 19.0 Å². The first-order valence-electron chi connectivity index (χ1n) is 12.5. The van der Waals surface area contributed by atoms with E-state index in [0.717, 1.165) is 27.8 Å². The molecule has 0 spiro atoms. The van der Waals surface area contributed by atoms with Crippen molar-refractivity contribution in [2.45, 2.75) is 20.8 Å². The van der Waals surface area contributed by atoms with Crippen LogP contribution in [0.25, 0.3) is 23.0 Å². The number of aryl methyl sites for hydroxylation is 1. The van der Waals surface area contributed by atoms with E-state index in [1.54, 1.807) is 16.8 Å². The van der Waals surface area contributed by atoms with Crippen LogP contribution in [0.2, 0.25) is 0 Å². The number of hydrogen-bond acceptors (Lipinski definition) is 4. The number of carbonyl (C=O) groups excluding carboxylic acids is 1. The third kappa shape index (κ3) is 7.06. The van der Waals surface area contributed by atoms with Gasteiger partial charge in [-0.15, -0.1) is 0 Å². The molecule has 0 saturated heterocycles. The number of aromatic nitrogens is 2. The van der Waals surface area contributed by atoms with Gasteiger partial charge < -0.3 is 5.32 Å². The summed E-state index contributed by atoms with van der Waals surface area (Å²) in [5.41, 5.74) is 4.25. The molecule has 0 unspecified atom stereocenters. The molecule has 38 heavy (non-hydrogen) atoms. The third-order valence-electron chi connectivity index (χ3n) is 5.81. The van der Waals surface area contributed by atoms with Gasteiger partial charge in [0.1, 0.15) is 5.82 Å². The van der Waals surface area contributed by atoms with Crippen LogP contribution < -0.4 is 5.32 Å². The van der Waals surface area contributed by atoms with Gasteiger partial charge in [-0.1, -0.05) is 92.2 Å². The molecule has 0 fully saturated rings. The summed E-state index contributed by atoms with van der Waals surface area (Å²) in [6.07, 6.45) is 1.54. The molecule has 4 rings (SSSR count). The molecular weight excluding hydrogens is 496 g/mol. The van der Waals surface area contributed by atoms with Crippen LogP contribution in [0, 0.1) is 12.8 Å². The van der Waals surface area contributed by atoms with Crippen LogP contribution in [0.15, 0.2) is 96.4 Å². The van der Waals surface area contributed by atoms with Crippen molar-refractivity contribution in [1.29, 1.82) is 0 Å². The molecule has 0 aliphatic carbocycles. The van der Waals surface area contributed by atoms with Crippen LogP contribution >= 0.6 is 0 Å². The number of nitrogens with zero attached hydrogens (tertiary/aromatic N) is 3. The lowest BCUT2D eigenvalue weighted by atomic mass is 10.1. The number of hydrogen-bond donors (Lipinski definition) is 1. The lowest BCUT2D eigenvalue weighted by molar-refractivity contribution is -0.116. The Hall–Kier alpha value is -4.01. The highest BCUT2D eigenvalue weighted by molar-refractivity contribution is 7.92. The summed E-state index contributed by atoms with van der Waals surface area (Å²) in [5.74, 6) is 0.0418. The molecule has 1 amide bonds. The second-order valence-electron chi connectivity index (χ2n) is 9.52. The van der Waals surface area contributed by atoms with Gasteiger partial charge in [0.05, 0.1) is 17.9 Å². The maximum atomic E-state index is 13.2. The van der Waals surface area contributed by atoms with E-state index >= 15 is 0 Å². The van der Waals surface area contributed by atoms with E-state index in [1.807, 2.05) is 106 Å². The molecule has 1 heterocycles. The molecule has 0 atom stereocenters. The Morgan fingerprint density at radius 2 is 1.61 bits per heavy atom. The van der Waals surface area contributed by atoms with Crippen molar-refractivity contribution < 1.29 is 13.2 Å². The fourth-order valence-electron chi connectivity index (χ4n) is 3.93. The summed E-state index contributed by atoms with van der Waals surface area (Å²) in [4.78, 5) is 13.2. The van der Waals surface area contributed by atoms with Gasteiger partial charge in [-0.05, 0) is 36.6 Å². The molecule has 4 aromatic rings. The molecule has 196 valence electrons. The van der Waals surface area contributed by atoms with E-state index < -0.39 is 15.9 Å². The smallest absolute Gasteiger partial charge is 0.240 e. The number of nitrogens with one attached hydrogen (secondary N) is 1. The first-order chi connectivity index (χ1) is 18.2. The third-order valence-corrected chi connectivity index (χ3v) is 7.28. The summed E-state index contributed by atoms with van der Waals surface area (Å²) in [6.45, 7) is 5.72. The predicted molar refractivity (Wildman–Crippen MR) is 153 cm³/mol. The van der Waals surface area contributed by atoms with E-state index in [0.29, 0.717) is 11.5 Å². The summed E-state index contributed by atoms with van der Waals surface area (Å²) in [5, 5.41) is 8.78. The van der Waals surface area contributed by atoms with Crippen LogP contribution in [-0.4, -0.2) is 41.5 Å². The zero-order valence-corrected chi connectivity index (χ0v) is 22.6. The maximum absolute atomic E-state index is 13.2. The Balaban J connectivity index is 1.60. The molecule has 0 saturated carbocycles. The Morgan fingerprint density at radius 1 is 0.974 bits per heavy atom. The van der Waals surface area contributed by atoms with Gasteiger partial charge in [0.25, 0.3) is 0 Å². The Kier molecular flexibility index (Phi) is 8.55. The van der Waals surface area contributed by atoms with Gasteiger partial charge in [-0.2, -0.15) is 9.40 Å². The molecule has 1 N–H and O–H groups in total. The van der Waals surface area contributed by atoms with Crippen molar-refractivity contribution in [2.75, 3.05) is 18.4 Å². The number of benzene rings is 3. The highest BCUT2D eigenvalue weighted by atomic mass is 32.2. The molecular formula is C30H32N4O3S. The first-order valence-corrected chi connectivity index (χ1v) is 14.0. The van der Waals surface area contributed by atoms with Gasteiger partial charge in [0.15, 0.2) is 0 Å². The van der Waals surface area contributed by atoms with E-state index in [2.05, 4.69) is 5.32 Å². The lowest BCUT2D eigenvalue weighted by Gasteiger charge is -2.22. The molecule has 0 aliphatic heterocycles. The summed E-state index contributed by atoms with van der Waals surface area (Å²) < 4.78 is 29.2. The topological polar surface area (TPSA) is 84.3 Å². The van der Waals surface area contributed by atoms with Gasteiger partial charge in [0.2, 0.25) is 15.9 Å². The molecule has 0 radical (unpaired) electrons. The van der Waals surface area contributed by atoms with Crippen molar-refractivity contribution in [3.05, 3.63) is 108 Å². The van der Waals surface area contributed by atoms with Gasteiger partial charge in [-0.3, -0.25) is 4.79 Å². The standard InChI is InChI=1S/C30H32N4O3S/c1-23(2)21-33(38(36,37)19-18-25-10-6-4-7-11-25)22-30(35)31-29-20-28(26-12-8-5-9-13-26)32-34(29)27-16-14-24(3)15-17-27/h4-20,23H,21-22H2,1-3H3,(H,31,35). The predicted octanol–water partition coefficient (Wildman–Crippen LogP) is 5.74. The SMILES string of the molecule is Cc1ccc(-n2nc(-c3ccccc3)cc2NC(=O)CN(CC(C)C)S(=O)(=O)C=Cc2ccccc2)cc1. The highest BCUT2D eigenvalue weighted by Gasteiger charge is 2.24. The molecule has 0 bridgehead atoms. The van der Waals surface area contributed by atoms with Gasteiger partial charge >= 0.3 is 0 Å². The summed E-state index contributed by atoms with van der Waals surface area (Å²) in [6, 6.07) is 28.5. The van der Waals surface area contributed by atoms with Crippen molar-refractivity contribution in [2.24, 2.45) is 5.92 Å². The molecule has 0 aliphatic rings. The summed E-state index contributed by atoms with van der Waals surface area (Å²) >= 11 is 0. The number of anilines is 1. The second kappa shape index (κ2) is 12.0. The van der Waals surface area contributed by atoms with Crippen LogP contribution in [0.5, 0.6) is 0 Å². The minimum absolute atomic E-state index is 0.0328. The largest absolute Gasteiger partial charge is 0.309 e. The number of amides is 1. The minimum atomic E-state index is -3.84. The quantitative estimate of drug-likeness (QED) is 0.284. The van der Waals surface area contributed by atoms with Crippen LogP contribution in [0.1, 0.15) is 25.0 Å². The van der Waals surface area contributed by atoms with E-state index in [4.69, 9.17) is 5.10 Å². The van der Waals surface area contributed by atoms with E-state index in [1.165, 1.54) is 4.31 Å². The second-order valence-corrected chi connectivity index (χ2v) is 11.3. The molecule has 7 nitrogen and oxygen atoms in total. The zero-order valence-electron chi connectivity index (χ0n) is 21.8. The fraction of sp³-hybridized carbons (Fsp3) is 0.200. The van der Waals surface area contributed by atoms with E-state index in [9.17, 15) is 13.2 Å². The molecule has 3 aromatic carbocycles. The first kappa shape index (κ1) is 27.0. The number of sulfonamides is 1. The number of carbonyl (C=O) groups is 1. The average molecular weight is 529 g/mol. The molecule has 8 heteroatoms. The highest BCUT2D eigenvalue weighted by Crippen LogP contribution is 2.25. The fourth-order valence-corrected chi connectivity index (χ4v) is 5.23. The lowest BCUT2D eigenvalue weighted by Crippen LogP contribution is -2.39. The van der Waals surface area contributed by atoms with Crippen molar-refractivity contribution in [3.63, 3.8) is 0 Å². The number of rotatable bonds is 10. The normalized spacial score (nSPS) is 11.9. The van der Waals surface area contributed by atoms with Crippen LogP contribution in [0.3, 0.4) is 0 Å². The van der Waals surface area contributed by atoms with Crippen LogP contribution in [-0.2, 0) is 14.8 Å². The van der Waals surface area contributed by atoms with Crippen molar-refractivity contribution in [3.8, 4) is 16.9 Å². The van der Waals surface area contributed by atoms with Crippen molar-refractivity contribution in [1.82, 2.24) is 14.1 Å². The zero-order chi connectivity index (χ0) is 27.1. The Bertz CT molecular complexity index is 1490. The van der Waals surface area contributed by atoms with Gasteiger partial charge in [0, 0.05) is 23.6 Å². The minimum Gasteiger partial charge on any atom is -0.309 e. The molecule has 1 aromatic heterocycles. The summed E-state index contributed by atoms with van der Waals surface area (Å²) in [7, 11) is -3.84. The Morgan fingerprint density at radius 3 is 2.24 bits per heavy atom. The Labute approximate surface area is 224 Å².